The third kappa shape index (κ3) is 2.40. The van der Waals surface area contributed by atoms with Crippen molar-refractivity contribution in [1.29, 1.82) is 0 Å². The molecule has 0 bridgehead atoms. The zero-order chi connectivity index (χ0) is 14.9. The Balaban J connectivity index is 1.74. The van der Waals surface area contributed by atoms with Crippen molar-refractivity contribution in [3.63, 3.8) is 0 Å². The Hall–Kier alpha value is -1.61. The van der Waals surface area contributed by atoms with Gasteiger partial charge in [0, 0.05) is 24.9 Å². The van der Waals surface area contributed by atoms with E-state index in [0.717, 1.165) is 32.4 Å². The van der Waals surface area contributed by atoms with Gasteiger partial charge >= 0.3 is 0 Å². The van der Waals surface area contributed by atoms with Gasteiger partial charge in [0.25, 0.3) is 0 Å². The molecule has 1 amide bonds. The summed E-state index contributed by atoms with van der Waals surface area (Å²) in [5.74, 6) is 0.198. The van der Waals surface area contributed by atoms with Crippen LogP contribution in [0.25, 0.3) is 0 Å². The van der Waals surface area contributed by atoms with E-state index >= 15 is 0 Å². The Morgan fingerprint density at radius 2 is 2.10 bits per heavy atom. The molecule has 1 unspecified atom stereocenters. The number of benzene rings is 1. The van der Waals surface area contributed by atoms with Crippen LogP contribution in [0.3, 0.4) is 0 Å². The van der Waals surface area contributed by atoms with E-state index < -0.39 is 0 Å². The molecule has 0 saturated carbocycles. The van der Waals surface area contributed by atoms with Gasteiger partial charge in [-0.25, -0.2) is 0 Å². The van der Waals surface area contributed by atoms with Crippen molar-refractivity contribution in [2.45, 2.75) is 44.1 Å². The van der Waals surface area contributed by atoms with Crippen molar-refractivity contribution < 1.29 is 9.90 Å². The second-order valence-electron chi connectivity index (χ2n) is 6.19. The van der Waals surface area contributed by atoms with Crippen LogP contribution in [0, 0.1) is 0 Å². The van der Waals surface area contributed by atoms with Crippen molar-refractivity contribution in [2.75, 3.05) is 13.1 Å². The summed E-state index contributed by atoms with van der Waals surface area (Å²) in [6.07, 6.45) is 6.50. The molecule has 3 rings (SSSR count). The minimum Gasteiger partial charge on any atom is -0.392 e. The maximum absolute atomic E-state index is 12.1. The van der Waals surface area contributed by atoms with Crippen LogP contribution in [0.4, 0.5) is 0 Å². The van der Waals surface area contributed by atoms with Crippen LogP contribution in [-0.2, 0) is 16.6 Å². The van der Waals surface area contributed by atoms with Gasteiger partial charge in [-0.3, -0.25) is 4.79 Å². The largest absolute Gasteiger partial charge is 0.392 e. The molecular formula is C18H23NO2. The molecule has 0 aromatic heterocycles. The summed E-state index contributed by atoms with van der Waals surface area (Å²) < 4.78 is 0. The smallest absolute Gasteiger partial charge is 0.226 e. The van der Waals surface area contributed by atoms with Gasteiger partial charge < -0.3 is 10.0 Å². The van der Waals surface area contributed by atoms with Gasteiger partial charge in [0.05, 0.1) is 6.10 Å². The molecule has 21 heavy (non-hydrogen) atoms. The van der Waals surface area contributed by atoms with Crippen molar-refractivity contribution in [2.24, 2.45) is 0 Å². The quantitative estimate of drug-likeness (QED) is 0.848. The number of carbonyl (C=O) groups is 1. The van der Waals surface area contributed by atoms with E-state index in [1.165, 1.54) is 11.1 Å². The molecule has 112 valence electrons. The fraction of sp³-hybridized carbons (Fsp3) is 0.500. The van der Waals surface area contributed by atoms with E-state index in [1.807, 2.05) is 30.0 Å². The highest BCUT2D eigenvalue weighted by Gasteiger charge is 2.47. The van der Waals surface area contributed by atoms with Crippen LogP contribution < -0.4 is 0 Å². The van der Waals surface area contributed by atoms with E-state index in [4.69, 9.17) is 0 Å². The van der Waals surface area contributed by atoms with E-state index in [1.54, 1.807) is 0 Å². The SMILES string of the molecule is C/C=C/CC(=O)N1CCC2(CC1)c1ccccc1CC2O. The van der Waals surface area contributed by atoms with Crippen molar-refractivity contribution >= 4 is 5.91 Å². The Labute approximate surface area is 126 Å². The molecule has 1 N–H and O–H groups in total. The normalized spacial score (nSPS) is 23.7. The van der Waals surface area contributed by atoms with Crippen LogP contribution in [0.1, 0.15) is 37.3 Å². The highest BCUT2D eigenvalue weighted by molar-refractivity contribution is 5.77. The zero-order valence-electron chi connectivity index (χ0n) is 12.6. The monoisotopic (exact) mass is 285 g/mol. The highest BCUT2D eigenvalue weighted by Crippen LogP contribution is 2.46. The molecule has 1 aliphatic carbocycles. The summed E-state index contributed by atoms with van der Waals surface area (Å²) in [5, 5.41) is 10.6. The number of fused-ring (bicyclic) bond motifs is 2. The number of hydrogen-bond acceptors (Lipinski definition) is 2. The number of allylic oxidation sites excluding steroid dienone is 1. The van der Waals surface area contributed by atoms with Crippen molar-refractivity contribution in [1.82, 2.24) is 4.90 Å². The molecule has 1 saturated heterocycles. The van der Waals surface area contributed by atoms with Gasteiger partial charge in [-0.1, -0.05) is 36.4 Å². The first-order valence-corrected chi connectivity index (χ1v) is 7.83. The van der Waals surface area contributed by atoms with Crippen LogP contribution in [0.15, 0.2) is 36.4 Å². The molecule has 3 heteroatoms. The lowest BCUT2D eigenvalue weighted by Crippen LogP contribution is -2.48. The molecule has 3 nitrogen and oxygen atoms in total. The summed E-state index contributed by atoms with van der Waals surface area (Å²) in [6.45, 7) is 3.44. The number of piperidine rings is 1. The minimum atomic E-state index is -0.303. The molecule has 1 heterocycles. The second kappa shape index (κ2) is 5.64. The van der Waals surface area contributed by atoms with Gasteiger partial charge in [0.2, 0.25) is 5.91 Å². The number of nitrogens with zero attached hydrogens (tertiary/aromatic N) is 1. The first-order chi connectivity index (χ1) is 10.2. The van der Waals surface area contributed by atoms with Crippen LogP contribution >= 0.6 is 0 Å². The molecule has 1 fully saturated rings. The molecule has 2 aliphatic rings. The number of amides is 1. The lowest BCUT2D eigenvalue weighted by Gasteiger charge is -2.42. The van der Waals surface area contributed by atoms with E-state index in [9.17, 15) is 9.90 Å². The fourth-order valence-corrected chi connectivity index (χ4v) is 3.87. The van der Waals surface area contributed by atoms with Gasteiger partial charge in [0.1, 0.15) is 0 Å². The zero-order valence-corrected chi connectivity index (χ0v) is 12.6. The van der Waals surface area contributed by atoms with Gasteiger partial charge in [-0.15, -0.1) is 0 Å². The Morgan fingerprint density at radius 3 is 2.81 bits per heavy atom. The van der Waals surface area contributed by atoms with E-state index in [2.05, 4.69) is 18.2 Å². The molecule has 0 radical (unpaired) electrons. The summed E-state index contributed by atoms with van der Waals surface area (Å²) in [5.41, 5.74) is 2.45. The van der Waals surface area contributed by atoms with Crippen LogP contribution in [0.5, 0.6) is 0 Å². The topological polar surface area (TPSA) is 40.5 Å². The first-order valence-electron chi connectivity index (χ1n) is 7.83. The van der Waals surface area contributed by atoms with Crippen LogP contribution in [-0.4, -0.2) is 35.1 Å². The number of likely N-dealkylation sites (tertiary alicyclic amines) is 1. The number of carbonyl (C=O) groups excluding carboxylic acids is 1. The second-order valence-corrected chi connectivity index (χ2v) is 6.19. The molecule has 1 aliphatic heterocycles. The van der Waals surface area contributed by atoms with E-state index in [-0.39, 0.29) is 17.4 Å². The minimum absolute atomic E-state index is 0.131. The van der Waals surface area contributed by atoms with Gasteiger partial charge in [-0.05, 0) is 37.3 Å². The summed E-state index contributed by atoms with van der Waals surface area (Å²) in [4.78, 5) is 14.0. The predicted molar refractivity (Wildman–Crippen MR) is 83.1 cm³/mol. The van der Waals surface area contributed by atoms with Crippen molar-refractivity contribution in [3.05, 3.63) is 47.5 Å². The molecule has 1 atom stereocenters. The third-order valence-corrected chi connectivity index (χ3v) is 5.14. The van der Waals surface area contributed by atoms with Gasteiger partial charge in [-0.2, -0.15) is 0 Å². The number of rotatable bonds is 2. The Kier molecular flexibility index (Phi) is 3.85. The molecular weight excluding hydrogens is 262 g/mol. The number of hydrogen-bond donors (Lipinski definition) is 1. The first kappa shape index (κ1) is 14.3. The van der Waals surface area contributed by atoms with Gasteiger partial charge in [0.15, 0.2) is 0 Å². The summed E-state index contributed by atoms with van der Waals surface area (Å²) in [6, 6.07) is 8.38. The average Bonchev–Trinajstić information content (AvgIpc) is 2.78. The maximum atomic E-state index is 12.1. The Bertz CT molecular complexity index is 556. The number of aliphatic hydroxyl groups excluding tert-OH is 1. The lowest BCUT2D eigenvalue weighted by atomic mass is 9.72. The fourth-order valence-electron chi connectivity index (χ4n) is 3.87. The molecule has 1 aromatic carbocycles. The predicted octanol–water partition coefficient (Wildman–Crippen LogP) is 2.43. The molecule has 1 aromatic rings. The third-order valence-electron chi connectivity index (χ3n) is 5.14. The van der Waals surface area contributed by atoms with E-state index in [0.29, 0.717) is 6.42 Å². The standard InChI is InChI=1S/C18H23NO2/c1-2-3-8-17(21)19-11-9-18(10-12-19)15-7-5-4-6-14(15)13-16(18)20/h2-7,16,20H,8-13H2,1H3/b3-2+. The lowest BCUT2D eigenvalue weighted by molar-refractivity contribution is -0.132. The average molecular weight is 285 g/mol. The Morgan fingerprint density at radius 1 is 1.38 bits per heavy atom. The van der Waals surface area contributed by atoms with Crippen molar-refractivity contribution in [3.8, 4) is 0 Å². The summed E-state index contributed by atoms with van der Waals surface area (Å²) in [7, 11) is 0. The molecule has 1 spiro atoms. The van der Waals surface area contributed by atoms with Crippen LogP contribution in [0.2, 0.25) is 0 Å². The highest BCUT2D eigenvalue weighted by atomic mass is 16.3. The maximum Gasteiger partial charge on any atom is 0.226 e. The number of aliphatic hydroxyl groups is 1. The summed E-state index contributed by atoms with van der Waals surface area (Å²) >= 11 is 0.